The predicted octanol–water partition coefficient (Wildman–Crippen LogP) is 4.58. The molecule has 0 unspecified atom stereocenters. The Kier molecular flexibility index (Phi) is 4.28. The molecule has 1 aliphatic rings. The van der Waals surface area contributed by atoms with Crippen molar-refractivity contribution in [3.63, 3.8) is 0 Å². The van der Waals surface area contributed by atoms with Crippen molar-refractivity contribution in [3.8, 4) is 17.2 Å². The average molecular weight is 407 g/mol. The maximum Gasteiger partial charge on any atom is 0.267 e. The molecular formula is C20H17BClFN6. The molecule has 4 aromatic rings. The summed E-state index contributed by atoms with van der Waals surface area (Å²) < 4.78 is 18.2. The molecule has 144 valence electrons. The number of fused-ring (bicyclic) bond motifs is 2. The van der Waals surface area contributed by atoms with Gasteiger partial charge in [0.1, 0.15) is 5.15 Å². The van der Waals surface area contributed by atoms with E-state index in [1.54, 1.807) is 15.1 Å². The second-order valence-electron chi connectivity index (χ2n) is 7.64. The van der Waals surface area contributed by atoms with Gasteiger partial charge in [0.05, 0.1) is 23.3 Å². The first kappa shape index (κ1) is 18.1. The van der Waals surface area contributed by atoms with Gasteiger partial charge in [-0.3, -0.25) is 4.40 Å². The topological polar surface area (TPSA) is 71.3 Å². The first-order chi connectivity index (χ1) is 14.0. The Hall–Kier alpha value is -2.92. The van der Waals surface area contributed by atoms with Crippen molar-refractivity contribution in [2.24, 2.45) is 0 Å². The minimum absolute atomic E-state index is 0.0956. The maximum absolute atomic E-state index is 14.9. The van der Waals surface area contributed by atoms with Crippen LogP contribution >= 0.6 is 11.6 Å². The fourth-order valence-electron chi connectivity index (χ4n) is 4.14. The van der Waals surface area contributed by atoms with Gasteiger partial charge >= 0.3 is 0 Å². The Labute approximate surface area is 172 Å². The average Bonchev–Trinajstić information content (AvgIpc) is 3.27. The summed E-state index contributed by atoms with van der Waals surface area (Å²) in [5.74, 6) is 2.05. The summed E-state index contributed by atoms with van der Waals surface area (Å²) >= 11 is 6.62. The minimum Gasteiger partial charge on any atom is -0.287 e. The lowest BCUT2D eigenvalue weighted by molar-refractivity contribution is 0.597. The normalized spacial score (nSPS) is 15.3. The molecule has 0 N–H and O–H groups in total. The van der Waals surface area contributed by atoms with Gasteiger partial charge in [0.2, 0.25) is 0 Å². The fraction of sp³-hybridized carbons (Fsp3) is 0.300. The zero-order valence-corrected chi connectivity index (χ0v) is 16.6. The van der Waals surface area contributed by atoms with Crippen LogP contribution in [0.1, 0.15) is 30.1 Å². The third-order valence-corrected chi connectivity index (χ3v) is 6.05. The zero-order valence-electron chi connectivity index (χ0n) is 15.8. The summed E-state index contributed by atoms with van der Waals surface area (Å²) in [7, 11) is 0. The van der Waals surface area contributed by atoms with Gasteiger partial charge < -0.3 is 0 Å². The molecule has 0 spiro atoms. The summed E-state index contributed by atoms with van der Waals surface area (Å²) in [5.41, 5.74) is 3.77. The van der Waals surface area contributed by atoms with Crippen LogP contribution in [0.2, 0.25) is 17.8 Å². The molecule has 0 aliphatic carbocycles. The Morgan fingerprint density at radius 1 is 1.24 bits per heavy atom. The van der Waals surface area contributed by atoms with E-state index in [2.05, 4.69) is 21.0 Å². The molecule has 0 saturated carbocycles. The van der Waals surface area contributed by atoms with Gasteiger partial charge in [-0.25, -0.2) is 24.1 Å². The molecule has 0 atom stereocenters. The van der Waals surface area contributed by atoms with E-state index in [0.717, 1.165) is 36.8 Å². The highest BCUT2D eigenvalue weighted by atomic mass is 35.5. The van der Waals surface area contributed by atoms with Crippen LogP contribution < -0.4 is 0 Å². The standard InChI is InChI=1S/C20H17BClFN6/c1-12-9-29-17(25-12)3-2-16(27-29)14-8-15(23)20-26-18(19(22)28(20)10-14)13-4-6-21(11-24)7-5-13/h2-3,8-10,13H,4-7H2,1H3. The Morgan fingerprint density at radius 2 is 2.03 bits per heavy atom. The van der Waals surface area contributed by atoms with E-state index < -0.39 is 5.82 Å². The molecule has 0 bridgehead atoms. The number of aryl methyl sites for hydroxylation is 1. The van der Waals surface area contributed by atoms with Crippen molar-refractivity contribution in [1.82, 2.24) is 24.0 Å². The van der Waals surface area contributed by atoms with E-state index in [0.29, 0.717) is 22.1 Å². The Bertz CT molecular complexity index is 1280. The molecule has 0 radical (unpaired) electrons. The van der Waals surface area contributed by atoms with E-state index in [1.807, 2.05) is 25.3 Å². The van der Waals surface area contributed by atoms with Crippen molar-refractivity contribution < 1.29 is 4.39 Å². The van der Waals surface area contributed by atoms with Crippen LogP contribution in [0.15, 0.2) is 30.6 Å². The minimum atomic E-state index is -0.440. The molecule has 0 amide bonds. The summed E-state index contributed by atoms with van der Waals surface area (Å²) in [6, 6.07) is 5.11. The second kappa shape index (κ2) is 6.85. The van der Waals surface area contributed by atoms with Crippen LogP contribution in [0.3, 0.4) is 0 Å². The number of hydrogen-bond acceptors (Lipinski definition) is 4. The summed E-state index contributed by atoms with van der Waals surface area (Å²) in [4.78, 5) is 8.88. The summed E-state index contributed by atoms with van der Waals surface area (Å²) in [5, 5.41) is 14.1. The van der Waals surface area contributed by atoms with Crippen LogP contribution in [0.5, 0.6) is 0 Å². The number of nitrogens with zero attached hydrogens (tertiary/aromatic N) is 6. The highest BCUT2D eigenvalue weighted by Crippen LogP contribution is 2.37. The lowest BCUT2D eigenvalue weighted by Gasteiger charge is -2.21. The van der Waals surface area contributed by atoms with E-state index in [4.69, 9.17) is 16.9 Å². The van der Waals surface area contributed by atoms with Gasteiger partial charge in [0.15, 0.2) is 17.1 Å². The van der Waals surface area contributed by atoms with Crippen molar-refractivity contribution in [2.75, 3.05) is 0 Å². The monoisotopic (exact) mass is 406 g/mol. The largest absolute Gasteiger partial charge is 0.287 e. The quantitative estimate of drug-likeness (QED) is 0.457. The number of aromatic nitrogens is 5. The first-order valence-corrected chi connectivity index (χ1v) is 10.0. The van der Waals surface area contributed by atoms with E-state index in [-0.39, 0.29) is 18.3 Å². The van der Waals surface area contributed by atoms with Crippen molar-refractivity contribution >= 4 is 29.6 Å². The van der Waals surface area contributed by atoms with E-state index in [1.165, 1.54) is 6.07 Å². The zero-order chi connectivity index (χ0) is 20.1. The number of nitriles is 1. The Morgan fingerprint density at radius 3 is 2.79 bits per heavy atom. The van der Waals surface area contributed by atoms with Gasteiger partial charge in [-0.05, 0) is 25.1 Å². The van der Waals surface area contributed by atoms with Crippen LogP contribution in [0.4, 0.5) is 4.39 Å². The molecular weight excluding hydrogens is 390 g/mol. The first-order valence-electron chi connectivity index (χ1n) is 9.63. The molecule has 6 nitrogen and oxygen atoms in total. The number of hydrogen-bond donors (Lipinski definition) is 0. The highest BCUT2D eigenvalue weighted by Gasteiger charge is 2.29. The predicted molar refractivity (Wildman–Crippen MR) is 110 cm³/mol. The van der Waals surface area contributed by atoms with Gasteiger partial charge in [-0.2, -0.15) is 5.10 Å². The van der Waals surface area contributed by atoms with Crippen LogP contribution in [-0.2, 0) is 0 Å². The molecule has 29 heavy (non-hydrogen) atoms. The molecule has 9 heteroatoms. The van der Waals surface area contributed by atoms with Crippen molar-refractivity contribution in [3.05, 3.63) is 53.0 Å². The number of rotatable bonds is 2. The van der Waals surface area contributed by atoms with Crippen LogP contribution in [0.25, 0.3) is 22.6 Å². The smallest absolute Gasteiger partial charge is 0.267 e. The van der Waals surface area contributed by atoms with Gasteiger partial charge in [0, 0.05) is 23.6 Å². The SMILES string of the molecule is Cc1cn2nc(-c3cc(F)c4nc(C5CCB(C#N)CC5)c(Cl)n4c3)ccc2n1. The number of halogens is 2. The number of imidazole rings is 2. The maximum atomic E-state index is 14.9. The third-order valence-electron chi connectivity index (χ3n) is 5.67. The molecule has 5 rings (SSSR count). The van der Waals surface area contributed by atoms with E-state index in [9.17, 15) is 4.39 Å². The lowest BCUT2D eigenvalue weighted by Crippen LogP contribution is -2.19. The summed E-state index contributed by atoms with van der Waals surface area (Å²) in [6.07, 6.45) is 6.94. The lowest BCUT2D eigenvalue weighted by atomic mass is 9.41. The van der Waals surface area contributed by atoms with Crippen LogP contribution in [0, 0.1) is 24.0 Å². The van der Waals surface area contributed by atoms with Crippen LogP contribution in [-0.4, -0.2) is 30.7 Å². The molecule has 1 fully saturated rings. The fourth-order valence-corrected chi connectivity index (χ4v) is 4.47. The van der Waals surface area contributed by atoms with Gasteiger partial charge in [-0.15, -0.1) is 0 Å². The number of pyridine rings is 1. The summed E-state index contributed by atoms with van der Waals surface area (Å²) in [6.45, 7) is 2.00. The molecule has 4 aromatic heterocycles. The van der Waals surface area contributed by atoms with Crippen molar-refractivity contribution in [2.45, 2.75) is 38.3 Å². The third kappa shape index (κ3) is 3.06. The van der Waals surface area contributed by atoms with Gasteiger partial charge in [0.25, 0.3) is 6.71 Å². The second-order valence-corrected chi connectivity index (χ2v) is 8.00. The highest BCUT2D eigenvalue weighted by molar-refractivity contribution is 6.67. The molecule has 5 heterocycles. The van der Waals surface area contributed by atoms with E-state index >= 15 is 0 Å². The van der Waals surface area contributed by atoms with Crippen molar-refractivity contribution in [1.29, 1.82) is 5.26 Å². The molecule has 1 saturated heterocycles. The molecule has 0 aromatic carbocycles. The Balaban J connectivity index is 1.57. The van der Waals surface area contributed by atoms with Gasteiger partial charge in [-0.1, -0.05) is 37.1 Å². The molecule has 1 aliphatic heterocycles.